The number of carbonyl (C=O) groups is 1. The lowest BCUT2D eigenvalue weighted by Gasteiger charge is -2.37. The Labute approximate surface area is 178 Å². The number of allylic oxidation sites excluding steroid dienone is 1. The molecule has 6 nitrogen and oxygen atoms in total. The van der Waals surface area contributed by atoms with E-state index in [-0.39, 0.29) is 34.9 Å². The van der Waals surface area contributed by atoms with Crippen LogP contribution in [0.25, 0.3) is 10.6 Å². The molecular formula is C22H25FN4O2S. The second-order valence-corrected chi connectivity index (χ2v) is 9.10. The summed E-state index contributed by atoms with van der Waals surface area (Å²) < 4.78 is 14.1. The van der Waals surface area contributed by atoms with Gasteiger partial charge in [-0.1, -0.05) is 6.92 Å². The summed E-state index contributed by atoms with van der Waals surface area (Å²) in [6.45, 7) is 2.22. The molecule has 0 radical (unpaired) electrons. The highest BCUT2D eigenvalue weighted by atomic mass is 32.1. The lowest BCUT2D eigenvalue weighted by molar-refractivity contribution is 0.0950. The van der Waals surface area contributed by atoms with E-state index in [1.807, 2.05) is 6.21 Å². The summed E-state index contributed by atoms with van der Waals surface area (Å²) in [6.07, 6.45) is 7.42. The van der Waals surface area contributed by atoms with Crippen molar-refractivity contribution < 1.29 is 14.3 Å². The van der Waals surface area contributed by atoms with Crippen molar-refractivity contribution >= 4 is 23.5 Å². The summed E-state index contributed by atoms with van der Waals surface area (Å²) in [5.41, 5.74) is 7.41. The van der Waals surface area contributed by atoms with Crippen LogP contribution in [0.1, 0.15) is 43.1 Å². The molecular weight excluding hydrogens is 403 g/mol. The molecule has 8 heteroatoms. The highest BCUT2D eigenvalue weighted by molar-refractivity contribution is 7.13. The van der Waals surface area contributed by atoms with Crippen LogP contribution in [0.2, 0.25) is 0 Å². The Morgan fingerprint density at radius 1 is 1.33 bits per heavy atom. The number of hydrogen-bond donors (Lipinski definition) is 3. The fourth-order valence-corrected chi connectivity index (χ4v) is 5.33. The molecule has 1 amide bonds. The molecule has 158 valence electrons. The van der Waals surface area contributed by atoms with Gasteiger partial charge in [-0.05, 0) is 55.7 Å². The van der Waals surface area contributed by atoms with E-state index < -0.39 is 5.82 Å². The summed E-state index contributed by atoms with van der Waals surface area (Å²) in [4.78, 5) is 21.4. The highest BCUT2D eigenvalue weighted by Crippen LogP contribution is 2.38. The first-order valence-electron chi connectivity index (χ1n) is 10.1. The summed E-state index contributed by atoms with van der Waals surface area (Å²) in [5.74, 6) is 0.227. The van der Waals surface area contributed by atoms with Crippen molar-refractivity contribution in [2.24, 2.45) is 28.5 Å². The van der Waals surface area contributed by atoms with Gasteiger partial charge in [0.05, 0.1) is 0 Å². The lowest BCUT2D eigenvalue weighted by Crippen LogP contribution is -2.39. The fourth-order valence-electron chi connectivity index (χ4n) is 4.52. The zero-order valence-corrected chi connectivity index (χ0v) is 17.5. The molecule has 0 unspecified atom stereocenters. The van der Waals surface area contributed by atoms with Crippen LogP contribution in [-0.4, -0.2) is 28.3 Å². The van der Waals surface area contributed by atoms with Crippen LogP contribution in [0.4, 0.5) is 4.39 Å². The van der Waals surface area contributed by atoms with Crippen LogP contribution in [0.5, 0.6) is 5.75 Å². The number of aromatic nitrogens is 1. The first kappa shape index (κ1) is 20.7. The molecule has 2 aromatic rings. The van der Waals surface area contributed by atoms with Crippen LogP contribution < -0.4 is 11.1 Å². The molecule has 0 spiro atoms. The van der Waals surface area contributed by atoms with Crippen molar-refractivity contribution in [2.45, 2.75) is 38.6 Å². The van der Waals surface area contributed by atoms with E-state index in [1.54, 1.807) is 11.6 Å². The minimum absolute atomic E-state index is 0.0550. The van der Waals surface area contributed by atoms with Crippen LogP contribution in [0, 0.1) is 23.6 Å². The molecule has 1 saturated carbocycles. The molecule has 0 bridgehead atoms. The molecule has 2 heterocycles. The first-order chi connectivity index (χ1) is 14.4. The molecule has 1 aliphatic heterocycles. The smallest absolute Gasteiger partial charge is 0.274 e. The number of nitrogens with one attached hydrogen (secondary N) is 1. The Bertz CT molecular complexity index is 993. The largest absolute Gasteiger partial charge is 0.508 e. The third kappa shape index (κ3) is 4.44. The molecule has 4 atom stereocenters. The van der Waals surface area contributed by atoms with Gasteiger partial charge in [-0.15, -0.1) is 11.3 Å². The normalized spacial score (nSPS) is 26.3. The number of aromatic hydroxyl groups is 1. The maximum atomic E-state index is 14.1. The van der Waals surface area contributed by atoms with Gasteiger partial charge in [0.1, 0.15) is 22.3 Å². The van der Waals surface area contributed by atoms with Gasteiger partial charge in [0.2, 0.25) is 0 Å². The highest BCUT2D eigenvalue weighted by Gasteiger charge is 2.33. The van der Waals surface area contributed by atoms with Gasteiger partial charge in [-0.2, -0.15) is 0 Å². The monoisotopic (exact) mass is 428 g/mol. The van der Waals surface area contributed by atoms with Crippen LogP contribution in [0.15, 0.2) is 40.5 Å². The van der Waals surface area contributed by atoms with Gasteiger partial charge in [-0.25, -0.2) is 9.37 Å². The SMILES string of the molecule is C[C@@H]1C[C@H](N)C[C@H]([C@@H]2CC=NC=C2NC(=O)c2csc(-c3cc(O)ccc3F)n2)C1. The van der Waals surface area contributed by atoms with E-state index in [9.17, 15) is 14.3 Å². The number of benzene rings is 1. The first-order valence-corrected chi connectivity index (χ1v) is 11.0. The Hall–Kier alpha value is -2.58. The number of rotatable bonds is 4. The van der Waals surface area contributed by atoms with E-state index in [1.165, 1.54) is 18.2 Å². The van der Waals surface area contributed by atoms with Gasteiger partial charge in [0.15, 0.2) is 0 Å². The van der Waals surface area contributed by atoms with E-state index >= 15 is 0 Å². The molecule has 1 aliphatic carbocycles. The maximum Gasteiger partial charge on any atom is 0.274 e. The number of nitrogens with zero attached hydrogens (tertiary/aromatic N) is 2. The molecule has 4 N–H and O–H groups in total. The van der Waals surface area contributed by atoms with E-state index in [2.05, 4.69) is 22.2 Å². The van der Waals surface area contributed by atoms with E-state index in [0.29, 0.717) is 16.8 Å². The van der Waals surface area contributed by atoms with Gasteiger partial charge >= 0.3 is 0 Å². The number of hydrogen-bond acceptors (Lipinski definition) is 6. The summed E-state index contributed by atoms with van der Waals surface area (Å²) in [7, 11) is 0. The number of phenols is 1. The van der Waals surface area contributed by atoms with Crippen molar-refractivity contribution in [3.63, 3.8) is 0 Å². The third-order valence-electron chi connectivity index (χ3n) is 5.84. The van der Waals surface area contributed by atoms with Gasteiger partial charge in [0, 0.05) is 41.0 Å². The maximum absolute atomic E-state index is 14.1. The summed E-state index contributed by atoms with van der Waals surface area (Å²) in [6, 6.07) is 3.94. The average Bonchev–Trinajstić information content (AvgIpc) is 3.19. The van der Waals surface area contributed by atoms with Crippen molar-refractivity contribution in [1.29, 1.82) is 0 Å². The van der Waals surface area contributed by atoms with Crippen molar-refractivity contribution in [3.8, 4) is 16.3 Å². The molecule has 1 fully saturated rings. The number of nitrogens with two attached hydrogens (primary N) is 1. The quantitative estimate of drug-likeness (QED) is 0.683. The zero-order valence-electron chi connectivity index (χ0n) is 16.7. The molecule has 0 saturated heterocycles. The van der Waals surface area contributed by atoms with E-state index in [4.69, 9.17) is 5.73 Å². The zero-order chi connectivity index (χ0) is 21.3. The van der Waals surface area contributed by atoms with Gasteiger partial charge in [0.25, 0.3) is 5.91 Å². The Balaban J connectivity index is 1.50. The molecule has 2 aliphatic rings. The Morgan fingerprint density at radius 2 is 2.17 bits per heavy atom. The van der Waals surface area contributed by atoms with Crippen LogP contribution >= 0.6 is 11.3 Å². The lowest BCUT2D eigenvalue weighted by atomic mass is 9.71. The van der Waals surface area contributed by atoms with Crippen LogP contribution in [-0.2, 0) is 0 Å². The number of aliphatic imine (C=N–C) groups is 1. The van der Waals surface area contributed by atoms with Gasteiger partial charge < -0.3 is 16.2 Å². The third-order valence-corrected chi connectivity index (χ3v) is 6.71. The summed E-state index contributed by atoms with van der Waals surface area (Å²) >= 11 is 1.16. The minimum Gasteiger partial charge on any atom is -0.508 e. The standard InChI is InChI=1S/C22H25FN4O2S/c1-12-6-13(8-14(24)7-12)16-4-5-25-10-19(16)26-21(29)20-11-30-22(27-20)17-9-15(28)2-3-18(17)23/h2-3,5,9-14,16,28H,4,6-8,24H2,1H3,(H,26,29)/t12-,13+,14-,16-/m0/s1. The fraction of sp³-hybridized carbons (Fsp3) is 0.409. The predicted octanol–water partition coefficient (Wildman–Crippen LogP) is 4.08. The number of amides is 1. The second-order valence-electron chi connectivity index (χ2n) is 8.25. The molecule has 30 heavy (non-hydrogen) atoms. The Morgan fingerprint density at radius 3 is 2.97 bits per heavy atom. The van der Waals surface area contributed by atoms with Crippen molar-refractivity contribution in [1.82, 2.24) is 10.3 Å². The minimum atomic E-state index is -0.499. The molecule has 1 aromatic carbocycles. The van der Waals surface area contributed by atoms with E-state index in [0.717, 1.165) is 42.7 Å². The number of phenolic OH excluding ortho intramolecular Hbond substituents is 1. The average molecular weight is 429 g/mol. The number of halogens is 1. The number of thiazole rings is 1. The molecule has 1 aromatic heterocycles. The van der Waals surface area contributed by atoms with Crippen molar-refractivity contribution in [3.05, 3.63) is 47.0 Å². The van der Waals surface area contributed by atoms with Crippen LogP contribution in [0.3, 0.4) is 0 Å². The second kappa shape index (κ2) is 8.65. The predicted molar refractivity (Wildman–Crippen MR) is 116 cm³/mol. The number of carbonyl (C=O) groups excluding carboxylic acids is 1. The molecule has 4 rings (SSSR count). The topological polar surface area (TPSA) is 101 Å². The van der Waals surface area contributed by atoms with Gasteiger partial charge in [-0.3, -0.25) is 9.79 Å². The Kier molecular flexibility index (Phi) is 5.97. The van der Waals surface area contributed by atoms with Crippen molar-refractivity contribution in [2.75, 3.05) is 0 Å². The summed E-state index contributed by atoms with van der Waals surface area (Å²) in [5, 5.41) is 14.5.